The quantitative estimate of drug-likeness (QED) is 0.719. The normalized spacial score (nSPS) is 17.3. The van der Waals surface area contributed by atoms with Gasteiger partial charge in [-0.05, 0) is 29.8 Å². The number of rotatable bonds is 3. The van der Waals surface area contributed by atoms with Crippen LogP contribution < -0.4 is 4.31 Å². The van der Waals surface area contributed by atoms with Gasteiger partial charge in [0, 0.05) is 25.9 Å². The minimum atomic E-state index is -4.02. The van der Waals surface area contributed by atoms with Gasteiger partial charge in [0.2, 0.25) is 5.78 Å². The van der Waals surface area contributed by atoms with Gasteiger partial charge in [0.05, 0.1) is 22.3 Å². The van der Waals surface area contributed by atoms with Crippen LogP contribution in [0.2, 0.25) is 10.0 Å². The van der Waals surface area contributed by atoms with Crippen molar-refractivity contribution in [3.63, 3.8) is 0 Å². The number of anilines is 1. The monoisotopic (exact) mass is 410 g/mol. The maximum Gasteiger partial charge on any atom is 0.270 e. The van der Waals surface area contributed by atoms with Crippen LogP contribution in [0.3, 0.4) is 0 Å². The molecule has 0 aliphatic carbocycles. The lowest BCUT2D eigenvalue weighted by Crippen LogP contribution is -2.39. The number of Topliss-reactive ketones (excluding diaryl/α,β-unsaturated/α-hetero) is 1. The van der Waals surface area contributed by atoms with Gasteiger partial charge in [-0.2, -0.15) is 0 Å². The van der Waals surface area contributed by atoms with E-state index in [4.69, 9.17) is 23.2 Å². The Morgan fingerprint density at radius 1 is 1.08 bits per heavy atom. The van der Waals surface area contributed by atoms with Crippen LogP contribution in [0.4, 0.5) is 5.69 Å². The Kier molecular flexibility index (Phi) is 5.01. The summed E-state index contributed by atoms with van der Waals surface area (Å²) in [4.78, 5) is 14.0. The lowest BCUT2D eigenvalue weighted by atomic mass is 10.1. The minimum Gasteiger partial charge on any atom is -0.382 e. The van der Waals surface area contributed by atoms with E-state index >= 15 is 0 Å². The highest BCUT2D eigenvalue weighted by Crippen LogP contribution is 2.36. The summed E-state index contributed by atoms with van der Waals surface area (Å²) in [5.41, 5.74) is 1.35. The molecular formula is C18H16Cl2N2O3S. The first-order valence-corrected chi connectivity index (χ1v) is 9.90. The van der Waals surface area contributed by atoms with E-state index in [0.29, 0.717) is 26.9 Å². The number of carbonyl (C=O) groups excluding carboxylic acids is 1. The molecule has 0 fully saturated rings. The predicted molar refractivity (Wildman–Crippen MR) is 104 cm³/mol. The van der Waals surface area contributed by atoms with E-state index in [9.17, 15) is 13.2 Å². The lowest BCUT2D eigenvalue weighted by molar-refractivity contribution is 0.104. The second-order valence-corrected chi connectivity index (χ2v) is 8.71. The van der Waals surface area contributed by atoms with Crippen molar-refractivity contribution in [3.05, 3.63) is 74.7 Å². The second kappa shape index (κ2) is 6.95. The third kappa shape index (κ3) is 3.32. The molecule has 8 heteroatoms. The molecule has 1 aliphatic heterocycles. The third-order valence-corrected chi connectivity index (χ3v) is 6.39. The first kappa shape index (κ1) is 18.8. The molecule has 2 aromatic rings. The number of allylic oxidation sites excluding steroid dienone is 1. The zero-order valence-electron chi connectivity index (χ0n) is 14.1. The average Bonchev–Trinajstić information content (AvgIpc) is 2.58. The fourth-order valence-electron chi connectivity index (χ4n) is 2.71. The molecule has 0 saturated heterocycles. The molecule has 0 atom stereocenters. The van der Waals surface area contributed by atoms with Crippen molar-refractivity contribution in [3.8, 4) is 0 Å². The molecule has 0 bridgehead atoms. The summed E-state index contributed by atoms with van der Waals surface area (Å²) in [7, 11) is -0.683. The van der Waals surface area contributed by atoms with Crippen molar-refractivity contribution in [2.24, 2.45) is 0 Å². The molecule has 26 heavy (non-hydrogen) atoms. The SMILES string of the molecule is CN(C)C=C1C(=O)c2ccccc2N(Cc2ccc(Cl)c(Cl)c2)S1(=O)=O. The highest BCUT2D eigenvalue weighted by molar-refractivity contribution is 7.97. The fraction of sp³-hybridized carbons (Fsp3) is 0.167. The van der Waals surface area contributed by atoms with Gasteiger partial charge >= 0.3 is 0 Å². The van der Waals surface area contributed by atoms with Gasteiger partial charge in [0.15, 0.2) is 4.91 Å². The van der Waals surface area contributed by atoms with Crippen LogP contribution in [0.1, 0.15) is 15.9 Å². The number of benzene rings is 2. The first-order valence-electron chi connectivity index (χ1n) is 7.70. The number of hydrogen-bond donors (Lipinski definition) is 0. The van der Waals surface area contributed by atoms with Gasteiger partial charge in [-0.25, -0.2) is 8.42 Å². The van der Waals surface area contributed by atoms with Crippen molar-refractivity contribution in [1.29, 1.82) is 0 Å². The Morgan fingerprint density at radius 3 is 2.42 bits per heavy atom. The number of ketones is 1. The molecule has 0 N–H and O–H groups in total. The van der Waals surface area contributed by atoms with Gasteiger partial charge < -0.3 is 4.90 Å². The van der Waals surface area contributed by atoms with Crippen molar-refractivity contribution in [2.45, 2.75) is 6.54 Å². The molecule has 0 spiro atoms. The second-order valence-electron chi connectivity index (χ2n) is 6.06. The minimum absolute atomic E-state index is 0.0360. The van der Waals surface area contributed by atoms with Crippen molar-refractivity contribution < 1.29 is 13.2 Å². The van der Waals surface area contributed by atoms with E-state index < -0.39 is 15.8 Å². The zero-order chi connectivity index (χ0) is 19.1. The molecule has 0 saturated carbocycles. The Balaban J connectivity index is 2.16. The Bertz CT molecular complexity index is 1020. The van der Waals surface area contributed by atoms with Gasteiger partial charge in [0.1, 0.15) is 0 Å². The van der Waals surface area contributed by atoms with Crippen molar-refractivity contribution in [1.82, 2.24) is 4.90 Å². The average molecular weight is 411 g/mol. The van der Waals surface area contributed by atoms with Gasteiger partial charge in [-0.1, -0.05) is 41.4 Å². The highest BCUT2D eigenvalue weighted by Gasteiger charge is 2.40. The number of nitrogens with zero attached hydrogens (tertiary/aromatic N) is 2. The van der Waals surface area contributed by atoms with E-state index in [0.717, 1.165) is 0 Å². The first-order chi connectivity index (χ1) is 12.2. The summed E-state index contributed by atoms with van der Waals surface area (Å²) in [5, 5.41) is 0.729. The van der Waals surface area contributed by atoms with E-state index in [-0.39, 0.29) is 11.4 Å². The molecule has 1 aliphatic rings. The van der Waals surface area contributed by atoms with E-state index in [1.807, 2.05) is 0 Å². The largest absolute Gasteiger partial charge is 0.382 e. The fourth-order valence-corrected chi connectivity index (χ4v) is 4.70. The molecule has 0 radical (unpaired) electrons. The Labute approximate surface area is 162 Å². The Hall–Kier alpha value is -2.02. The topological polar surface area (TPSA) is 57.7 Å². The van der Waals surface area contributed by atoms with E-state index in [2.05, 4.69) is 0 Å². The molecule has 2 aromatic carbocycles. The zero-order valence-corrected chi connectivity index (χ0v) is 16.4. The van der Waals surface area contributed by atoms with Crippen molar-refractivity contribution >= 4 is 44.7 Å². The van der Waals surface area contributed by atoms with Crippen LogP contribution in [0, 0.1) is 0 Å². The van der Waals surface area contributed by atoms with Crippen LogP contribution in [-0.2, 0) is 16.6 Å². The number of carbonyl (C=O) groups is 1. The van der Waals surface area contributed by atoms with Crippen LogP contribution in [0.5, 0.6) is 0 Å². The molecule has 0 aromatic heterocycles. The third-order valence-electron chi connectivity index (χ3n) is 3.89. The number of hydrogen-bond acceptors (Lipinski definition) is 4. The summed E-state index contributed by atoms with van der Waals surface area (Å²) in [6.07, 6.45) is 1.33. The van der Waals surface area contributed by atoms with Crippen LogP contribution in [0.25, 0.3) is 0 Å². The standard InChI is InChI=1S/C18H16Cl2N2O3S/c1-21(2)11-17-18(23)13-5-3-4-6-16(13)22(26(17,24)25)10-12-7-8-14(19)15(20)9-12/h3-9,11H,10H2,1-2H3. The number of halogens is 2. The summed E-state index contributed by atoms with van der Waals surface area (Å²) in [6, 6.07) is 11.6. The molecule has 136 valence electrons. The smallest absolute Gasteiger partial charge is 0.270 e. The Morgan fingerprint density at radius 2 is 1.77 bits per heavy atom. The van der Waals surface area contributed by atoms with Crippen molar-refractivity contribution in [2.75, 3.05) is 18.4 Å². The van der Waals surface area contributed by atoms with Gasteiger partial charge in [-0.15, -0.1) is 0 Å². The summed E-state index contributed by atoms with van der Waals surface area (Å²) in [6.45, 7) is 0.0360. The molecule has 3 rings (SSSR count). The number of para-hydroxylation sites is 1. The summed E-state index contributed by atoms with van der Waals surface area (Å²) in [5.74, 6) is -0.514. The summed E-state index contributed by atoms with van der Waals surface area (Å²) >= 11 is 12.0. The molecule has 5 nitrogen and oxygen atoms in total. The number of fused-ring (bicyclic) bond motifs is 1. The highest BCUT2D eigenvalue weighted by atomic mass is 35.5. The maximum atomic E-state index is 13.1. The molecule has 1 heterocycles. The van der Waals surface area contributed by atoms with Gasteiger partial charge in [-0.3, -0.25) is 9.10 Å². The molecule has 0 amide bonds. The molecular weight excluding hydrogens is 395 g/mol. The summed E-state index contributed by atoms with van der Waals surface area (Å²) < 4.78 is 27.5. The van der Waals surface area contributed by atoms with E-state index in [1.54, 1.807) is 56.6 Å². The van der Waals surface area contributed by atoms with E-state index in [1.165, 1.54) is 15.4 Å². The van der Waals surface area contributed by atoms with Crippen LogP contribution in [-0.4, -0.2) is 33.2 Å². The number of sulfonamides is 1. The maximum absolute atomic E-state index is 13.1. The molecule has 0 unspecified atom stereocenters. The van der Waals surface area contributed by atoms with Crippen LogP contribution >= 0.6 is 23.2 Å². The lowest BCUT2D eigenvalue weighted by Gasteiger charge is -2.31. The van der Waals surface area contributed by atoms with Gasteiger partial charge in [0.25, 0.3) is 10.0 Å². The van der Waals surface area contributed by atoms with Crippen LogP contribution in [0.15, 0.2) is 53.6 Å². The predicted octanol–water partition coefficient (Wildman–Crippen LogP) is 3.93.